The van der Waals surface area contributed by atoms with Crippen LogP contribution in [0.15, 0.2) is 24.3 Å². The molecule has 1 aromatic heterocycles. The van der Waals surface area contributed by atoms with E-state index in [4.69, 9.17) is 0 Å². The number of thiol groups is 1. The molecule has 78 valence electrons. The molecule has 0 bridgehead atoms. The monoisotopic (exact) mass is 221 g/mol. The number of aromatic nitrogens is 2. The van der Waals surface area contributed by atoms with Crippen LogP contribution >= 0.6 is 12.6 Å². The second-order valence-electron chi connectivity index (χ2n) is 3.14. The molecular weight excluding hydrogens is 210 g/mol. The van der Waals surface area contributed by atoms with E-state index in [0.29, 0.717) is 6.54 Å². The van der Waals surface area contributed by atoms with E-state index in [0.717, 1.165) is 16.9 Å². The maximum Gasteiger partial charge on any atom is 0.230 e. The molecule has 15 heavy (non-hydrogen) atoms. The van der Waals surface area contributed by atoms with Gasteiger partial charge in [-0.15, -0.1) is 0 Å². The SMILES string of the molecule is O=C(CS)NCc1nc2ccccc2[nH]1. The summed E-state index contributed by atoms with van der Waals surface area (Å²) in [4.78, 5) is 18.4. The van der Waals surface area contributed by atoms with Crippen molar-refractivity contribution < 1.29 is 4.79 Å². The summed E-state index contributed by atoms with van der Waals surface area (Å²) < 4.78 is 0. The summed E-state index contributed by atoms with van der Waals surface area (Å²) in [6.07, 6.45) is 0. The van der Waals surface area contributed by atoms with Gasteiger partial charge in [0.15, 0.2) is 0 Å². The minimum Gasteiger partial charge on any atom is -0.348 e. The van der Waals surface area contributed by atoms with Gasteiger partial charge in [-0.25, -0.2) is 4.98 Å². The Labute approximate surface area is 92.5 Å². The Morgan fingerprint density at radius 2 is 2.27 bits per heavy atom. The van der Waals surface area contributed by atoms with Crippen LogP contribution in [0.25, 0.3) is 11.0 Å². The van der Waals surface area contributed by atoms with E-state index >= 15 is 0 Å². The molecule has 2 aromatic rings. The molecule has 5 heteroatoms. The van der Waals surface area contributed by atoms with Crippen LogP contribution in [0.2, 0.25) is 0 Å². The van der Waals surface area contributed by atoms with Crippen molar-refractivity contribution in [1.82, 2.24) is 15.3 Å². The van der Waals surface area contributed by atoms with Crippen LogP contribution in [0.1, 0.15) is 5.82 Å². The van der Waals surface area contributed by atoms with E-state index in [1.54, 1.807) is 0 Å². The molecule has 1 amide bonds. The number of H-pyrrole nitrogens is 1. The normalized spacial score (nSPS) is 10.5. The van der Waals surface area contributed by atoms with E-state index < -0.39 is 0 Å². The zero-order valence-electron chi connectivity index (χ0n) is 8.03. The number of para-hydroxylation sites is 2. The quantitative estimate of drug-likeness (QED) is 0.680. The third-order valence-corrected chi connectivity index (χ3v) is 2.32. The molecule has 4 nitrogen and oxygen atoms in total. The number of hydrogen-bond acceptors (Lipinski definition) is 3. The highest BCUT2D eigenvalue weighted by Gasteiger charge is 2.02. The first kappa shape index (κ1) is 10.0. The Bertz CT molecular complexity index is 447. The summed E-state index contributed by atoms with van der Waals surface area (Å²) >= 11 is 3.87. The van der Waals surface area contributed by atoms with Crippen LogP contribution in [0.5, 0.6) is 0 Å². The van der Waals surface area contributed by atoms with Gasteiger partial charge >= 0.3 is 0 Å². The number of aromatic amines is 1. The van der Waals surface area contributed by atoms with Gasteiger partial charge in [-0.05, 0) is 12.1 Å². The minimum absolute atomic E-state index is 0.0983. The highest BCUT2D eigenvalue weighted by atomic mass is 32.1. The van der Waals surface area contributed by atoms with Gasteiger partial charge in [-0.1, -0.05) is 12.1 Å². The van der Waals surface area contributed by atoms with Crippen molar-refractivity contribution in [2.75, 3.05) is 5.75 Å². The van der Waals surface area contributed by atoms with Gasteiger partial charge < -0.3 is 10.3 Å². The number of benzene rings is 1. The number of imidazole rings is 1. The first-order chi connectivity index (χ1) is 7.29. The van der Waals surface area contributed by atoms with Crippen molar-refractivity contribution in [2.24, 2.45) is 0 Å². The molecule has 1 heterocycles. The Kier molecular flexibility index (Phi) is 2.91. The number of fused-ring (bicyclic) bond motifs is 1. The van der Waals surface area contributed by atoms with Gasteiger partial charge in [0.25, 0.3) is 0 Å². The molecule has 0 atom stereocenters. The standard InChI is InChI=1S/C10H11N3OS/c14-10(6-15)11-5-9-12-7-3-1-2-4-8(7)13-9/h1-4,15H,5-6H2,(H,11,14)(H,12,13). The fourth-order valence-corrected chi connectivity index (χ4v) is 1.44. The number of amides is 1. The van der Waals surface area contributed by atoms with Crippen LogP contribution < -0.4 is 5.32 Å². The topological polar surface area (TPSA) is 57.8 Å². The Morgan fingerprint density at radius 1 is 1.47 bits per heavy atom. The molecule has 0 fully saturated rings. The van der Waals surface area contributed by atoms with Crippen LogP contribution in [-0.2, 0) is 11.3 Å². The number of nitrogens with one attached hydrogen (secondary N) is 2. The maximum atomic E-state index is 11.0. The van der Waals surface area contributed by atoms with Gasteiger partial charge in [0.1, 0.15) is 5.82 Å². The minimum atomic E-state index is -0.0983. The van der Waals surface area contributed by atoms with Gasteiger partial charge in [-0.2, -0.15) is 12.6 Å². The Hall–Kier alpha value is -1.49. The molecular formula is C10H11N3OS. The highest BCUT2D eigenvalue weighted by Crippen LogP contribution is 2.09. The van der Waals surface area contributed by atoms with Crippen LogP contribution in [0, 0.1) is 0 Å². The summed E-state index contributed by atoms with van der Waals surface area (Å²) in [5, 5.41) is 2.70. The van der Waals surface area contributed by atoms with Crippen molar-refractivity contribution in [3.63, 3.8) is 0 Å². The molecule has 1 aromatic carbocycles. The third kappa shape index (κ3) is 2.30. The van der Waals surface area contributed by atoms with E-state index in [9.17, 15) is 4.79 Å². The summed E-state index contributed by atoms with van der Waals surface area (Å²) in [7, 11) is 0. The summed E-state index contributed by atoms with van der Waals surface area (Å²) in [5.41, 5.74) is 1.89. The van der Waals surface area contributed by atoms with Crippen molar-refractivity contribution in [2.45, 2.75) is 6.54 Å². The van der Waals surface area contributed by atoms with Crippen LogP contribution in [0.3, 0.4) is 0 Å². The van der Waals surface area contributed by atoms with Crippen molar-refractivity contribution in [3.8, 4) is 0 Å². The maximum absolute atomic E-state index is 11.0. The van der Waals surface area contributed by atoms with Gasteiger partial charge in [0.2, 0.25) is 5.91 Å². The summed E-state index contributed by atoms with van der Waals surface area (Å²) in [5.74, 6) is 0.852. The molecule has 2 N–H and O–H groups in total. The molecule has 0 aliphatic heterocycles. The van der Waals surface area contributed by atoms with Crippen LogP contribution in [0.4, 0.5) is 0 Å². The van der Waals surface area contributed by atoms with E-state index in [1.807, 2.05) is 24.3 Å². The van der Waals surface area contributed by atoms with Crippen molar-refractivity contribution >= 4 is 29.6 Å². The first-order valence-corrected chi connectivity index (χ1v) is 5.24. The zero-order valence-corrected chi connectivity index (χ0v) is 8.92. The Balaban J connectivity index is 2.12. The number of rotatable bonds is 3. The fraction of sp³-hybridized carbons (Fsp3) is 0.200. The highest BCUT2D eigenvalue weighted by molar-refractivity contribution is 7.81. The Morgan fingerprint density at radius 3 is 3.00 bits per heavy atom. The number of hydrogen-bond donors (Lipinski definition) is 3. The van der Waals surface area contributed by atoms with E-state index in [-0.39, 0.29) is 11.7 Å². The molecule has 0 spiro atoms. The first-order valence-electron chi connectivity index (χ1n) is 4.61. The fourth-order valence-electron chi connectivity index (χ4n) is 1.33. The average Bonchev–Trinajstić information content (AvgIpc) is 2.68. The van der Waals surface area contributed by atoms with E-state index in [2.05, 4.69) is 27.9 Å². The molecule has 0 saturated heterocycles. The van der Waals surface area contributed by atoms with Crippen LogP contribution in [-0.4, -0.2) is 21.6 Å². The van der Waals surface area contributed by atoms with Gasteiger partial charge in [0.05, 0.1) is 23.3 Å². The third-order valence-electron chi connectivity index (χ3n) is 2.04. The average molecular weight is 221 g/mol. The predicted molar refractivity (Wildman–Crippen MR) is 61.8 cm³/mol. The lowest BCUT2D eigenvalue weighted by molar-refractivity contribution is -0.118. The molecule has 0 radical (unpaired) electrons. The number of carbonyl (C=O) groups is 1. The molecule has 0 saturated carbocycles. The summed E-state index contributed by atoms with van der Waals surface area (Å²) in [6, 6.07) is 7.75. The lowest BCUT2D eigenvalue weighted by Gasteiger charge is -1.98. The van der Waals surface area contributed by atoms with Crippen molar-refractivity contribution in [3.05, 3.63) is 30.1 Å². The zero-order chi connectivity index (χ0) is 10.7. The molecule has 0 unspecified atom stereocenters. The van der Waals surface area contributed by atoms with Gasteiger partial charge in [0, 0.05) is 0 Å². The van der Waals surface area contributed by atoms with Crippen molar-refractivity contribution in [1.29, 1.82) is 0 Å². The van der Waals surface area contributed by atoms with Gasteiger partial charge in [-0.3, -0.25) is 4.79 Å². The number of nitrogens with zero attached hydrogens (tertiary/aromatic N) is 1. The van der Waals surface area contributed by atoms with E-state index in [1.165, 1.54) is 0 Å². The lowest BCUT2D eigenvalue weighted by Crippen LogP contribution is -2.24. The second kappa shape index (κ2) is 4.35. The second-order valence-corrected chi connectivity index (χ2v) is 3.45. The summed E-state index contributed by atoms with van der Waals surface area (Å²) in [6.45, 7) is 0.411. The molecule has 0 aliphatic rings. The molecule has 2 rings (SSSR count). The number of carbonyl (C=O) groups excluding carboxylic acids is 1. The largest absolute Gasteiger partial charge is 0.348 e. The predicted octanol–water partition coefficient (Wildman–Crippen LogP) is 1.11. The lowest BCUT2D eigenvalue weighted by atomic mass is 10.3. The smallest absolute Gasteiger partial charge is 0.230 e. The molecule has 0 aliphatic carbocycles.